The number of nitrogens with zero attached hydrogens (tertiary/aromatic N) is 4. The van der Waals surface area contributed by atoms with Crippen molar-refractivity contribution in [3.63, 3.8) is 0 Å². The number of rotatable bonds is 4. The Morgan fingerprint density at radius 2 is 2.06 bits per heavy atom. The van der Waals surface area contributed by atoms with Gasteiger partial charge in [-0.2, -0.15) is 4.63 Å². The minimum atomic E-state index is -0.363. The second-order valence-corrected chi connectivity index (χ2v) is 4.40. The van der Waals surface area contributed by atoms with Gasteiger partial charge >= 0.3 is 0 Å². The molecule has 2 fully saturated rings. The molecular formula is C9H14N4O5. The normalized spacial score (nSPS) is 24.6. The van der Waals surface area contributed by atoms with Gasteiger partial charge in [0.2, 0.25) is 18.5 Å². The topological polar surface area (TPSA) is 93.1 Å². The number of hydrogen-bond donors (Lipinski definition) is 1. The van der Waals surface area contributed by atoms with Crippen molar-refractivity contribution in [1.82, 2.24) is 14.9 Å². The number of amides is 2. The Morgan fingerprint density at radius 1 is 1.33 bits per heavy atom. The van der Waals surface area contributed by atoms with Gasteiger partial charge in [0.25, 0.3) is 0 Å². The van der Waals surface area contributed by atoms with E-state index in [2.05, 4.69) is 0 Å². The lowest BCUT2D eigenvalue weighted by atomic mass is 10.3. The van der Waals surface area contributed by atoms with E-state index in [-0.39, 0.29) is 37.5 Å². The van der Waals surface area contributed by atoms with Gasteiger partial charge in [-0.05, 0) is 6.42 Å². The molecule has 0 aromatic carbocycles. The van der Waals surface area contributed by atoms with E-state index >= 15 is 0 Å². The van der Waals surface area contributed by atoms with Gasteiger partial charge in [-0.1, -0.05) is 0 Å². The minimum absolute atomic E-state index is 0.148. The average Bonchev–Trinajstić information content (AvgIpc) is 2.88. The summed E-state index contributed by atoms with van der Waals surface area (Å²) in [5.41, 5.74) is 0. The van der Waals surface area contributed by atoms with Crippen molar-refractivity contribution in [1.29, 1.82) is 0 Å². The van der Waals surface area contributed by atoms with Crippen LogP contribution >= 0.6 is 0 Å². The monoisotopic (exact) mass is 258 g/mol. The summed E-state index contributed by atoms with van der Waals surface area (Å²) in [6.07, 6.45) is 0.797. The molecule has 2 amide bonds. The summed E-state index contributed by atoms with van der Waals surface area (Å²) in [5.74, 6) is -0.463. The quantitative estimate of drug-likeness (QED) is 0.635. The number of aromatic nitrogens is 2. The standard InChI is InChI=1S/C9H14N4O5/c14-7-3-4-10(5-7)12-13(18-12)17-6-11-8(15)1-2-9(11)16/h7,14H,1-6H2. The molecule has 2 saturated heterocycles. The van der Waals surface area contributed by atoms with E-state index in [4.69, 9.17) is 9.47 Å². The molecule has 1 unspecified atom stereocenters. The minimum Gasteiger partial charge on any atom is -0.391 e. The van der Waals surface area contributed by atoms with Gasteiger partial charge in [-0.15, -0.1) is 0 Å². The van der Waals surface area contributed by atoms with E-state index in [9.17, 15) is 14.7 Å². The van der Waals surface area contributed by atoms with Crippen LogP contribution in [0.3, 0.4) is 0 Å². The summed E-state index contributed by atoms with van der Waals surface area (Å²) in [4.78, 5) is 30.2. The number of likely N-dealkylation sites (tertiary alicyclic amines) is 1. The van der Waals surface area contributed by atoms with Crippen LogP contribution in [0.15, 0.2) is 4.63 Å². The summed E-state index contributed by atoms with van der Waals surface area (Å²) in [7, 11) is 0. The molecular weight excluding hydrogens is 244 g/mol. The molecule has 0 spiro atoms. The molecule has 9 heteroatoms. The Bertz CT molecular complexity index is 444. The summed E-state index contributed by atoms with van der Waals surface area (Å²) < 4.78 is 4.99. The highest BCUT2D eigenvalue weighted by molar-refractivity contribution is 6.01. The molecule has 1 atom stereocenters. The molecule has 1 aromatic heterocycles. The fourth-order valence-corrected chi connectivity index (χ4v) is 2.03. The first-order chi connectivity index (χ1) is 8.65. The van der Waals surface area contributed by atoms with Crippen molar-refractivity contribution in [2.24, 2.45) is 0 Å². The molecule has 1 aromatic rings. The molecule has 0 aliphatic carbocycles. The van der Waals surface area contributed by atoms with Gasteiger partial charge in [0, 0.05) is 24.3 Å². The van der Waals surface area contributed by atoms with Crippen molar-refractivity contribution in [3.8, 4) is 0 Å². The van der Waals surface area contributed by atoms with Crippen LogP contribution < -0.4 is 9.85 Å². The molecule has 1 N–H and O–H groups in total. The summed E-state index contributed by atoms with van der Waals surface area (Å²) in [6, 6.07) is 0. The maximum atomic E-state index is 11.3. The molecule has 0 radical (unpaired) electrons. The highest BCUT2D eigenvalue weighted by Gasteiger charge is 2.32. The van der Waals surface area contributed by atoms with Crippen LogP contribution in [-0.4, -0.2) is 57.7 Å². The Morgan fingerprint density at radius 3 is 2.67 bits per heavy atom. The fourth-order valence-electron chi connectivity index (χ4n) is 2.03. The first kappa shape index (κ1) is 11.2. The van der Waals surface area contributed by atoms with Gasteiger partial charge < -0.3 is 9.94 Å². The van der Waals surface area contributed by atoms with E-state index < -0.39 is 0 Å². The molecule has 9 nitrogen and oxygen atoms in total. The Balaban J connectivity index is 1.50. The Hall–Kier alpha value is -1.90. The van der Waals surface area contributed by atoms with E-state index in [0.717, 1.165) is 9.92 Å². The first-order valence-electron chi connectivity index (χ1n) is 5.82. The second-order valence-electron chi connectivity index (χ2n) is 4.40. The molecule has 2 aliphatic rings. The highest BCUT2D eigenvalue weighted by Crippen LogP contribution is 2.12. The zero-order valence-electron chi connectivity index (χ0n) is 9.69. The van der Waals surface area contributed by atoms with E-state index in [0.29, 0.717) is 19.5 Å². The lowest BCUT2D eigenvalue weighted by Gasteiger charge is -2.11. The summed E-state index contributed by atoms with van der Waals surface area (Å²) in [6.45, 7) is 0.995. The SMILES string of the molecule is O=C1CCC(=O)N1COn1on1N1CCC(O)C1. The maximum Gasteiger partial charge on any atom is 0.232 e. The predicted octanol–water partition coefficient (Wildman–Crippen LogP) is -1.88. The molecule has 3 heterocycles. The predicted molar refractivity (Wildman–Crippen MR) is 55.8 cm³/mol. The van der Waals surface area contributed by atoms with Crippen molar-refractivity contribution >= 4 is 11.8 Å². The molecule has 0 bridgehead atoms. The summed E-state index contributed by atoms with van der Waals surface area (Å²) >= 11 is 0. The molecule has 100 valence electrons. The third-order valence-corrected chi connectivity index (χ3v) is 3.09. The fraction of sp³-hybridized carbons (Fsp3) is 0.778. The van der Waals surface area contributed by atoms with Crippen LogP contribution in [0.5, 0.6) is 0 Å². The molecule has 2 aliphatic heterocycles. The largest absolute Gasteiger partial charge is 0.391 e. The number of imide groups is 1. The maximum absolute atomic E-state index is 11.3. The first-order valence-corrected chi connectivity index (χ1v) is 5.82. The molecule has 0 saturated carbocycles. The number of β-amino-alcohol motifs (C(OH)–C–C–N with tert-alkyl or cyclic N) is 1. The van der Waals surface area contributed by atoms with Crippen LogP contribution in [0.1, 0.15) is 19.3 Å². The van der Waals surface area contributed by atoms with Crippen molar-refractivity contribution in [2.75, 3.05) is 24.8 Å². The van der Waals surface area contributed by atoms with Crippen molar-refractivity contribution in [2.45, 2.75) is 25.4 Å². The lowest BCUT2D eigenvalue weighted by Crippen LogP contribution is -2.37. The zero-order chi connectivity index (χ0) is 12.7. The number of aliphatic hydroxyl groups excluding tert-OH is 1. The van der Waals surface area contributed by atoms with Gasteiger partial charge in [0.1, 0.15) is 5.02 Å². The van der Waals surface area contributed by atoms with Crippen LogP contribution in [0.4, 0.5) is 0 Å². The van der Waals surface area contributed by atoms with Crippen LogP contribution in [0.25, 0.3) is 0 Å². The third kappa shape index (κ3) is 1.96. The second kappa shape index (κ2) is 4.09. The van der Waals surface area contributed by atoms with E-state index in [1.54, 1.807) is 5.01 Å². The van der Waals surface area contributed by atoms with Crippen molar-refractivity contribution < 1.29 is 24.2 Å². The number of carbonyl (C=O) groups is 2. The number of aliphatic hydroxyl groups is 1. The highest BCUT2D eigenvalue weighted by atomic mass is 17.0. The smallest absolute Gasteiger partial charge is 0.232 e. The molecule has 18 heavy (non-hydrogen) atoms. The van der Waals surface area contributed by atoms with Gasteiger partial charge in [-0.25, -0.2) is 4.90 Å². The van der Waals surface area contributed by atoms with Gasteiger partial charge in [0.15, 0.2) is 0 Å². The van der Waals surface area contributed by atoms with E-state index in [1.165, 1.54) is 4.96 Å². The number of carbonyl (C=O) groups excluding carboxylic acids is 2. The third-order valence-electron chi connectivity index (χ3n) is 3.09. The van der Waals surface area contributed by atoms with E-state index in [1.807, 2.05) is 0 Å². The Kier molecular flexibility index (Phi) is 2.54. The van der Waals surface area contributed by atoms with Gasteiger partial charge in [0.05, 0.1) is 12.6 Å². The van der Waals surface area contributed by atoms with Crippen LogP contribution in [0.2, 0.25) is 0 Å². The zero-order valence-corrected chi connectivity index (χ0v) is 9.69. The van der Waals surface area contributed by atoms with Crippen LogP contribution in [-0.2, 0) is 9.59 Å². The van der Waals surface area contributed by atoms with Crippen LogP contribution in [0, 0.1) is 0 Å². The van der Waals surface area contributed by atoms with Crippen molar-refractivity contribution in [3.05, 3.63) is 0 Å². The van der Waals surface area contributed by atoms with Gasteiger partial charge in [-0.3, -0.25) is 14.6 Å². The Labute approximate surface area is 102 Å². The lowest BCUT2D eigenvalue weighted by molar-refractivity contribution is -0.146. The summed E-state index contributed by atoms with van der Waals surface area (Å²) in [5, 5.41) is 12.2. The number of hydrogen-bond acceptors (Lipinski definition) is 6. The molecule has 3 rings (SSSR count). The average molecular weight is 258 g/mol.